The number of ether oxygens (including phenoxy) is 1. The molecule has 11 nitrogen and oxygen atoms in total. The van der Waals surface area contributed by atoms with Crippen LogP contribution in [0.3, 0.4) is 0 Å². The highest BCUT2D eigenvalue weighted by molar-refractivity contribution is 9.09. The van der Waals surface area contributed by atoms with Gasteiger partial charge in [-0.3, -0.25) is 9.35 Å². The van der Waals surface area contributed by atoms with Crippen molar-refractivity contribution in [2.75, 3.05) is 49.5 Å². The molecule has 0 spiro atoms. The molecule has 276 valence electrons. The van der Waals surface area contributed by atoms with E-state index in [1.165, 1.54) is 34.3 Å². The van der Waals surface area contributed by atoms with Gasteiger partial charge in [0, 0.05) is 77.8 Å². The summed E-state index contributed by atoms with van der Waals surface area (Å²) in [7, 11) is -9.00. The Bertz CT molecular complexity index is 2340. The Kier molecular flexibility index (Phi) is 9.73. The van der Waals surface area contributed by atoms with E-state index >= 15 is 0 Å². The minimum atomic E-state index is -4.72. The van der Waals surface area contributed by atoms with Crippen molar-refractivity contribution in [3.8, 4) is 11.5 Å². The molecular weight excluding hydrogens is 768 g/mol. The molecule has 8 rings (SSSR count). The van der Waals surface area contributed by atoms with Crippen molar-refractivity contribution >= 4 is 53.2 Å². The van der Waals surface area contributed by atoms with Gasteiger partial charge in [0.25, 0.3) is 10.1 Å². The molecule has 1 amide bonds. The van der Waals surface area contributed by atoms with Crippen molar-refractivity contribution in [3.63, 3.8) is 0 Å². The second-order valence-corrected chi connectivity index (χ2v) is 18.1. The van der Waals surface area contributed by atoms with Crippen LogP contribution in [-0.2, 0) is 50.6 Å². The van der Waals surface area contributed by atoms with Crippen LogP contribution in [0.25, 0.3) is 5.57 Å². The topological polar surface area (TPSA) is 145 Å². The molecular formula is C38H44BrN4O7S2+. The van der Waals surface area contributed by atoms with E-state index in [0.29, 0.717) is 36.9 Å². The second-order valence-electron chi connectivity index (χ2n) is 14.4. The number of nitrogens with one attached hydrogen (secondary N) is 2. The molecule has 0 bridgehead atoms. The van der Waals surface area contributed by atoms with Crippen molar-refractivity contribution in [2.24, 2.45) is 0 Å². The molecule has 3 aromatic carbocycles. The summed E-state index contributed by atoms with van der Waals surface area (Å²) in [6, 6.07) is 8.26. The largest absolute Gasteiger partial charge is 0.455 e. The summed E-state index contributed by atoms with van der Waals surface area (Å²) in [6.07, 6.45) is 9.44. The molecule has 0 saturated heterocycles. The SMILES string of the molecule is O=C(CBr)NCCCCCNS(=O)(=O)c1cc(S(=O)(=O)O)ccc1C1=c2cc3c4c(c2Oc2c1cc1c5c2CCCN5CCC1)CCC[N+]=4CCC3. The van der Waals surface area contributed by atoms with Crippen molar-refractivity contribution in [1.82, 2.24) is 14.6 Å². The van der Waals surface area contributed by atoms with Gasteiger partial charge in [0.1, 0.15) is 24.6 Å². The van der Waals surface area contributed by atoms with Gasteiger partial charge in [-0.2, -0.15) is 8.42 Å². The third-order valence-corrected chi connectivity index (χ3v) is 13.9. The van der Waals surface area contributed by atoms with Crippen LogP contribution >= 0.6 is 15.9 Å². The average molecular weight is 813 g/mol. The number of nitrogens with zero attached hydrogens (tertiary/aromatic N) is 2. The molecule has 0 radical (unpaired) electrons. The average Bonchev–Trinajstić information content (AvgIpc) is 3.13. The highest BCUT2D eigenvalue weighted by Crippen LogP contribution is 2.49. The maximum atomic E-state index is 14.3. The van der Waals surface area contributed by atoms with Crippen LogP contribution in [0.1, 0.15) is 78.3 Å². The number of alkyl halides is 1. The Labute approximate surface area is 313 Å². The summed E-state index contributed by atoms with van der Waals surface area (Å²) in [4.78, 5) is 13.3. The summed E-state index contributed by atoms with van der Waals surface area (Å²) in [6.45, 7) is 4.60. The number of unbranched alkanes of at least 4 members (excludes halogenated alkanes) is 2. The van der Waals surface area contributed by atoms with Gasteiger partial charge in [-0.25, -0.2) is 17.7 Å². The molecule has 0 aromatic heterocycles. The van der Waals surface area contributed by atoms with Gasteiger partial charge in [-0.15, -0.1) is 0 Å². The quantitative estimate of drug-likeness (QED) is 0.0907. The zero-order valence-electron chi connectivity index (χ0n) is 29.1. The lowest BCUT2D eigenvalue weighted by Gasteiger charge is -2.39. The highest BCUT2D eigenvalue weighted by Gasteiger charge is 2.37. The zero-order chi connectivity index (χ0) is 36.2. The Morgan fingerprint density at radius 1 is 0.846 bits per heavy atom. The molecule has 5 heterocycles. The number of anilines is 1. The van der Waals surface area contributed by atoms with Gasteiger partial charge < -0.3 is 15.0 Å². The first-order chi connectivity index (χ1) is 25.0. The van der Waals surface area contributed by atoms with E-state index in [4.69, 9.17) is 4.74 Å². The number of sulfonamides is 1. The van der Waals surface area contributed by atoms with E-state index in [1.54, 1.807) is 0 Å². The van der Waals surface area contributed by atoms with Gasteiger partial charge in [-0.05, 0) is 81.2 Å². The van der Waals surface area contributed by atoms with E-state index in [0.717, 1.165) is 117 Å². The van der Waals surface area contributed by atoms with Gasteiger partial charge in [0.15, 0.2) is 0 Å². The summed E-state index contributed by atoms with van der Waals surface area (Å²) in [5.74, 6) is 1.42. The van der Waals surface area contributed by atoms with Gasteiger partial charge in [-0.1, -0.05) is 28.4 Å². The number of hydrogen-bond acceptors (Lipinski definition) is 7. The van der Waals surface area contributed by atoms with Crippen molar-refractivity contribution in [1.29, 1.82) is 0 Å². The second kappa shape index (κ2) is 14.2. The van der Waals surface area contributed by atoms with Crippen LogP contribution in [0.4, 0.5) is 5.69 Å². The van der Waals surface area contributed by atoms with E-state index in [1.807, 2.05) is 0 Å². The number of aryl methyl sites for hydroxylation is 2. The standard InChI is InChI=1S/C38H43BrN4O7S2/c39-23-33(44)40-14-2-1-3-15-41-51(45,46)32-22-26(52(47,48)49)12-13-27(32)34-30-20-24-8-4-16-42-18-6-10-28(35(24)42)37(30)50-38-29-11-7-19-43-17-5-9-25(36(29)43)21-31(34)38/h12-13,20-22,41H,1-11,14-19,23H2,(H-,40,44,47,48,49)/p+1. The molecule has 0 saturated carbocycles. The first kappa shape index (κ1) is 35.7. The lowest BCUT2D eigenvalue weighted by Crippen LogP contribution is -2.45. The van der Waals surface area contributed by atoms with E-state index in [2.05, 4.69) is 47.6 Å². The minimum absolute atomic E-state index is 0.107. The lowest BCUT2D eigenvalue weighted by molar-refractivity contribution is -0.118. The molecule has 3 aromatic rings. The predicted molar refractivity (Wildman–Crippen MR) is 202 cm³/mol. The molecule has 3 N–H and O–H groups in total. The molecule has 0 fully saturated rings. The summed E-state index contributed by atoms with van der Waals surface area (Å²) < 4.78 is 75.9. The predicted octanol–water partition coefficient (Wildman–Crippen LogP) is 3.33. The molecule has 5 aliphatic heterocycles. The highest BCUT2D eigenvalue weighted by atomic mass is 79.9. The normalized spacial score (nSPS) is 17.5. The van der Waals surface area contributed by atoms with Crippen LogP contribution in [0.5, 0.6) is 11.5 Å². The third kappa shape index (κ3) is 6.48. The number of carbonyl (C=O) groups is 1. The Morgan fingerprint density at radius 2 is 1.58 bits per heavy atom. The van der Waals surface area contributed by atoms with Crippen LogP contribution < -0.4 is 34.8 Å². The number of halogens is 1. The first-order valence-corrected chi connectivity index (χ1v) is 22.5. The fourth-order valence-electron chi connectivity index (χ4n) is 8.88. The molecule has 5 aliphatic rings. The van der Waals surface area contributed by atoms with Gasteiger partial charge in [0.05, 0.1) is 20.7 Å². The van der Waals surface area contributed by atoms with Crippen LogP contribution in [0.2, 0.25) is 0 Å². The Morgan fingerprint density at radius 3 is 2.37 bits per heavy atom. The first-order valence-electron chi connectivity index (χ1n) is 18.4. The molecule has 52 heavy (non-hydrogen) atoms. The monoisotopic (exact) mass is 811 g/mol. The third-order valence-electron chi connectivity index (χ3n) is 11.1. The molecule has 0 aliphatic carbocycles. The number of rotatable bonds is 11. The number of fused-ring (bicyclic) bond motifs is 4. The zero-order valence-corrected chi connectivity index (χ0v) is 32.3. The van der Waals surface area contributed by atoms with E-state index < -0.39 is 25.0 Å². The minimum Gasteiger partial charge on any atom is -0.455 e. The fraction of sp³-hybridized carbons (Fsp3) is 0.474. The Balaban J connectivity index is 1.32. The Hall–Kier alpha value is -3.30. The maximum absolute atomic E-state index is 14.3. The van der Waals surface area contributed by atoms with Gasteiger partial charge in [0.2, 0.25) is 21.3 Å². The smallest absolute Gasteiger partial charge is 0.294 e. The number of carbonyl (C=O) groups excluding carboxylic acids is 1. The lowest BCUT2D eigenvalue weighted by atomic mass is 9.82. The number of hydrogen-bond donors (Lipinski definition) is 3. The van der Waals surface area contributed by atoms with E-state index in [9.17, 15) is 26.2 Å². The summed E-state index contributed by atoms with van der Waals surface area (Å²) in [5, 5.41) is 5.08. The molecule has 14 heteroatoms. The molecule has 0 unspecified atom stereocenters. The molecule has 0 atom stereocenters. The maximum Gasteiger partial charge on any atom is 0.294 e. The van der Waals surface area contributed by atoms with E-state index in [-0.39, 0.29) is 22.7 Å². The van der Waals surface area contributed by atoms with Crippen molar-refractivity contribution in [3.05, 3.63) is 74.3 Å². The van der Waals surface area contributed by atoms with Gasteiger partial charge >= 0.3 is 0 Å². The van der Waals surface area contributed by atoms with Crippen molar-refractivity contribution in [2.45, 2.75) is 80.4 Å². The van der Waals surface area contributed by atoms with Crippen LogP contribution in [-0.4, -0.2) is 71.9 Å². The summed E-state index contributed by atoms with van der Waals surface area (Å²) >= 11 is 3.12. The van der Waals surface area contributed by atoms with Crippen LogP contribution in [0, 0.1) is 0 Å². The summed E-state index contributed by atoms with van der Waals surface area (Å²) in [5.41, 5.74) is 7.90. The number of amides is 1. The number of benzene rings is 3. The fourth-order valence-corrected chi connectivity index (χ4v) is 11.0. The van der Waals surface area contributed by atoms with Crippen molar-refractivity contribution < 1.29 is 30.9 Å². The van der Waals surface area contributed by atoms with Crippen LogP contribution in [0.15, 0.2) is 40.1 Å².